The first kappa shape index (κ1) is 25.4. The molecule has 7 nitrogen and oxygen atoms in total. The van der Waals surface area contributed by atoms with Crippen molar-refractivity contribution in [3.8, 4) is 0 Å². The van der Waals surface area contributed by atoms with Crippen molar-refractivity contribution in [1.82, 2.24) is 15.1 Å². The summed E-state index contributed by atoms with van der Waals surface area (Å²) >= 11 is 0. The third-order valence-electron chi connectivity index (χ3n) is 6.25. The summed E-state index contributed by atoms with van der Waals surface area (Å²) < 4.78 is 0. The van der Waals surface area contributed by atoms with E-state index in [1.165, 1.54) is 0 Å². The number of hydrogen-bond acceptors (Lipinski definition) is 4. The molecular formula is C27H36N4O3. The predicted octanol–water partition coefficient (Wildman–Crippen LogP) is 3.11. The van der Waals surface area contributed by atoms with Gasteiger partial charge in [-0.3, -0.25) is 19.3 Å². The van der Waals surface area contributed by atoms with Gasteiger partial charge in [-0.15, -0.1) is 0 Å². The van der Waals surface area contributed by atoms with E-state index in [1.54, 1.807) is 17.0 Å². The van der Waals surface area contributed by atoms with Crippen molar-refractivity contribution in [3.63, 3.8) is 0 Å². The molecule has 2 N–H and O–H groups in total. The Labute approximate surface area is 202 Å². The first-order valence-corrected chi connectivity index (χ1v) is 11.8. The number of carbonyl (C=O) groups is 3. The van der Waals surface area contributed by atoms with Gasteiger partial charge < -0.3 is 15.5 Å². The van der Waals surface area contributed by atoms with Crippen LogP contribution in [0.1, 0.15) is 47.8 Å². The number of anilines is 1. The maximum atomic E-state index is 12.6. The van der Waals surface area contributed by atoms with Crippen molar-refractivity contribution in [2.45, 2.75) is 40.0 Å². The SMILES string of the molecule is Cc1cccc(C)c1NC(=O)CN1CCN(C(=O)CNC(=O)c2ccc(C(C)(C)C)cc2)CC1. The Bertz CT molecular complexity index is 1010. The third-order valence-corrected chi connectivity index (χ3v) is 6.25. The van der Waals surface area contributed by atoms with Crippen LogP contribution in [0.25, 0.3) is 0 Å². The molecule has 182 valence electrons. The minimum absolute atomic E-state index is 0.0211. The molecule has 1 saturated heterocycles. The molecule has 34 heavy (non-hydrogen) atoms. The number of piperazine rings is 1. The highest BCUT2D eigenvalue weighted by molar-refractivity contribution is 5.96. The van der Waals surface area contributed by atoms with Crippen LogP contribution >= 0.6 is 0 Å². The number of carbonyl (C=O) groups excluding carboxylic acids is 3. The van der Waals surface area contributed by atoms with E-state index in [-0.39, 0.29) is 36.2 Å². The number of nitrogens with zero attached hydrogens (tertiary/aromatic N) is 2. The highest BCUT2D eigenvalue weighted by Crippen LogP contribution is 2.22. The Morgan fingerprint density at radius 3 is 2.03 bits per heavy atom. The van der Waals surface area contributed by atoms with Gasteiger partial charge in [0.2, 0.25) is 11.8 Å². The van der Waals surface area contributed by atoms with E-state index in [4.69, 9.17) is 0 Å². The molecule has 0 spiro atoms. The fourth-order valence-corrected chi connectivity index (χ4v) is 4.04. The second-order valence-corrected chi connectivity index (χ2v) is 9.98. The highest BCUT2D eigenvalue weighted by atomic mass is 16.2. The van der Waals surface area contributed by atoms with E-state index >= 15 is 0 Å². The van der Waals surface area contributed by atoms with Gasteiger partial charge in [-0.05, 0) is 48.1 Å². The minimum atomic E-state index is -0.254. The van der Waals surface area contributed by atoms with Crippen molar-refractivity contribution in [2.24, 2.45) is 0 Å². The quantitative estimate of drug-likeness (QED) is 0.688. The summed E-state index contributed by atoms with van der Waals surface area (Å²) in [5.41, 5.74) is 4.66. The van der Waals surface area contributed by atoms with Gasteiger partial charge in [0.05, 0.1) is 13.1 Å². The molecule has 0 bridgehead atoms. The van der Waals surface area contributed by atoms with E-state index in [0.29, 0.717) is 31.7 Å². The van der Waals surface area contributed by atoms with Crippen molar-refractivity contribution >= 4 is 23.4 Å². The summed E-state index contributed by atoms with van der Waals surface area (Å²) in [5.74, 6) is -0.420. The van der Waals surface area contributed by atoms with E-state index in [0.717, 1.165) is 22.4 Å². The smallest absolute Gasteiger partial charge is 0.251 e. The number of nitrogens with one attached hydrogen (secondary N) is 2. The number of benzene rings is 2. The van der Waals surface area contributed by atoms with Gasteiger partial charge in [-0.25, -0.2) is 0 Å². The lowest BCUT2D eigenvalue weighted by Crippen LogP contribution is -2.52. The normalized spacial score (nSPS) is 14.6. The van der Waals surface area contributed by atoms with Gasteiger partial charge in [0, 0.05) is 37.4 Å². The number of aryl methyl sites for hydroxylation is 2. The average Bonchev–Trinajstić information content (AvgIpc) is 2.80. The molecule has 3 amide bonds. The number of para-hydroxylation sites is 1. The van der Waals surface area contributed by atoms with Crippen molar-refractivity contribution in [1.29, 1.82) is 0 Å². The van der Waals surface area contributed by atoms with E-state index < -0.39 is 0 Å². The molecule has 1 aliphatic heterocycles. The van der Waals surface area contributed by atoms with Gasteiger partial charge in [0.25, 0.3) is 5.91 Å². The molecule has 1 heterocycles. The average molecular weight is 465 g/mol. The summed E-state index contributed by atoms with van der Waals surface area (Å²) in [5, 5.41) is 5.74. The fourth-order valence-electron chi connectivity index (χ4n) is 4.04. The largest absolute Gasteiger partial charge is 0.343 e. The summed E-state index contributed by atoms with van der Waals surface area (Å²) in [6.45, 7) is 12.9. The maximum absolute atomic E-state index is 12.6. The zero-order chi connectivity index (χ0) is 24.9. The van der Waals surface area contributed by atoms with E-state index in [1.807, 2.05) is 49.1 Å². The van der Waals surface area contributed by atoms with E-state index in [9.17, 15) is 14.4 Å². The van der Waals surface area contributed by atoms with Crippen LogP contribution in [-0.2, 0) is 15.0 Å². The molecule has 1 aliphatic rings. The summed E-state index contributed by atoms with van der Waals surface area (Å²) in [6.07, 6.45) is 0. The number of rotatable bonds is 6. The van der Waals surface area contributed by atoms with Crippen molar-refractivity contribution in [2.75, 3.05) is 44.6 Å². The molecule has 0 saturated carbocycles. The molecular weight excluding hydrogens is 428 g/mol. The second-order valence-electron chi connectivity index (χ2n) is 9.98. The van der Waals surface area contributed by atoms with Crippen LogP contribution in [0.4, 0.5) is 5.69 Å². The Kier molecular flexibility index (Phi) is 8.10. The van der Waals surface area contributed by atoms with E-state index in [2.05, 4.69) is 31.4 Å². The molecule has 0 radical (unpaired) electrons. The highest BCUT2D eigenvalue weighted by Gasteiger charge is 2.23. The van der Waals surface area contributed by atoms with Crippen LogP contribution in [0.3, 0.4) is 0 Å². The molecule has 1 fully saturated rings. The molecule has 2 aromatic carbocycles. The van der Waals surface area contributed by atoms with Crippen LogP contribution < -0.4 is 10.6 Å². The topological polar surface area (TPSA) is 81.8 Å². The van der Waals surface area contributed by atoms with Crippen LogP contribution in [0.15, 0.2) is 42.5 Å². The Balaban J connectivity index is 1.42. The lowest BCUT2D eigenvalue weighted by molar-refractivity contribution is -0.132. The minimum Gasteiger partial charge on any atom is -0.343 e. The maximum Gasteiger partial charge on any atom is 0.251 e. The molecule has 0 aliphatic carbocycles. The predicted molar refractivity (Wildman–Crippen MR) is 135 cm³/mol. The molecule has 7 heteroatoms. The first-order valence-electron chi connectivity index (χ1n) is 11.8. The van der Waals surface area contributed by atoms with Crippen molar-refractivity contribution < 1.29 is 14.4 Å². The molecule has 3 rings (SSSR count). The Morgan fingerprint density at radius 2 is 1.47 bits per heavy atom. The second kappa shape index (κ2) is 10.8. The third kappa shape index (κ3) is 6.67. The van der Waals surface area contributed by atoms with Crippen LogP contribution in [0.5, 0.6) is 0 Å². The lowest BCUT2D eigenvalue weighted by Gasteiger charge is -2.34. The van der Waals surface area contributed by atoms with Crippen molar-refractivity contribution in [3.05, 3.63) is 64.7 Å². The summed E-state index contributed by atoms with van der Waals surface area (Å²) in [6, 6.07) is 13.4. The zero-order valence-electron chi connectivity index (χ0n) is 20.9. The van der Waals surface area contributed by atoms with Crippen LogP contribution in [0.2, 0.25) is 0 Å². The standard InChI is InChI=1S/C27H36N4O3/c1-19-7-6-8-20(2)25(19)29-23(32)18-30-13-15-31(16-14-30)24(33)17-28-26(34)21-9-11-22(12-10-21)27(3,4)5/h6-12H,13-18H2,1-5H3,(H,28,34)(H,29,32). The summed E-state index contributed by atoms with van der Waals surface area (Å²) in [4.78, 5) is 41.3. The molecule has 0 unspecified atom stereocenters. The lowest BCUT2D eigenvalue weighted by atomic mass is 9.87. The first-order chi connectivity index (χ1) is 16.0. The summed E-state index contributed by atoms with van der Waals surface area (Å²) in [7, 11) is 0. The van der Waals surface area contributed by atoms with Gasteiger partial charge in [-0.2, -0.15) is 0 Å². The molecule has 2 aromatic rings. The number of amides is 3. The van der Waals surface area contributed by atoms with Crippen LogP contribution in [0, 0.1) is 13.8 Å². The van der Waals surface area contributed by atoms with Gasteiger partial charge in [0.1, 0.15) is 0 Å². The zero-order valence-corrected chi connectivity index (χ0v) is 20.9. The van der Waals surface area contributed by atoms with Gasteiger partial charge in [-0.1, -0.05) is 51.1 Å². The van der Waals surface area contributed by atoms with Crippen LogP contribution in [-0.4, -0.2) is 66.8 Å². The van der Waals surface area contributed by atoms with Gasteiger partial charge in [0.15, 0.2) is 0 Å². The Hall–Kier alpha value is -3.19. The molecule has 0 aromatic heterocycles. The van der Waals surface area contributed by atoms with Gasteiger partial charge >= 0.3 is 0 Å². The Morgan fingerprint density at radius 1 is 0.882 bits per heavy atom. The monoisotopic (exact) mass is 464 g/mol. The number of hydrogen-bond donors (Lipinski definition) is 2. The molecule has 0 atom stereocenters. The fraction of sp³-hybridized carbons (Fsp3) is 0.444.